The molecule has 0 aliphatic heterocycles. The fraction of sp³-hybridized carbons (Fsp3) is 0.375. The highest BCUT2D eigenvalue weighted by Gasteiger charge is 2.08. The van der Waals surface area contributed by atoms with Crippen LogP contribution in [0.1, 0.15) is 40.3 Å². The largest absolute Gasteiger partial charge is 0.351 e. The number of unbranched alkanes of at least 4 members (excludes halogenated alkanes) is 2. The summed E-state index contributed by atoms with van der Waals surface area (Å²) in [6.07, 6.45) is 4.35. The number of carbonyl (C=O) groups excluding carboxylic acids is 1. The Bertz CT molecular complexity index is 560. The number of hydrogen-bond acceptors (Lipinski definition) is 4. The van der Waals surface area contributed by atoms with Crippen molar-refractivity contribution in [1.82, 2.24) is 10.3 Å². The molecule has 0 saturated heterocycles. The van der Waals surface area contributed by atoms with Crippen molar-refractivity contribution < 1.29 is 4.79 Å². The Hall–Kier alpha value is -1.43. The van der Waals surface area contributed by atoms with Crippen molar-refractivity contribution in [2.75, 3.05) is 6.54 Å². The minimum Gasteiger partial charge on any atom is -0.351 e. The summed E-state index contributed by atoms with van der Waals surface area (Å²) in [6, 6.07) is 10.5. The summed E-state index contributed by atoms with van der Waals surface area (Å²) in [6.45, 7) is 1.08. The van der Waals surface area contributed by atoms with Gasteiger partial charge in [0.1, 0.15) is 10.7 Å². The van der Waals surface area contributed by atoms with E-state index in [0.29, 0.717) is 18.8 Å². The lowest BCUT2D eigenvalue weighted by atomic mass is 10.1. The van der Waals surface area contributed by atoms with Gasteiger partial charge in [0.15, 0.2) is 0 Å². The number of thiazole rings is 1. The lowest BCUT2D eigenvalue weighted by Crippen LogP contribution is -2.24. The number of rotatable bonds is 8. The van der Waals surface area contributed by atoms with Gasteiger partial charge in [-0.25, -0.2) is 4.98 Å². The maximum absolute atomic E-state index is 11.8. The van der Waals surface area contributed by atoms with E-state index in [9.17, 15) is 4.79 Å². The first kappa shape index (κ1) is 18.6. The van der Waals surface area contributed by atoms with Crippen LogP contribution in [0.2, 0.25) is 0 Å². The SMILES string of the molecule is Cl.NCc1nc(C(=O)NCCCCCc2ccccc2)cs1. The van der Waals surface area contributed by atoms with Crippen molar-refractivity contribution in [2.45, 2.75) is 32.2 Å². The molecular formula is C16H22ClN3OS. The first-order valence-corrected chi connectivity index (χ1v) is 8.14. The van der Waals surface area contributed by atoms with Crippen LogP contribution < -0.4 is 11.1 Å². The molecule has 2 rings (SSSR count). The summed E-state index contributed by atoms with van der Waals surface area (Å²) in [5, 5.41) is 5.45. The molecule has 22 heavy (non-hydrogen) atoms. The van der Waals surface area contributed by atoms with Gasteiger partial charge in [-0.2, -0.15) is 0 Å². The smallest absolute Gasteiger partial charge is 0.270 e. The van der Waals surface area contributed by atoms with Crippen LogP contribution in [-0.4, -0.2) is 17.4 Å². The predicted octanol–water partition coefficient (Wildman–Crippen LogP) is 3.17. The summed E-state index contributed by atoms with van der Waals surface area (Å²) in [5.74, 6) is -0.103. The van der Waals surface area contributed by atoms with Gasteiger partial charge in [0, 0.05) is 18.5 Å². The fourth-order valence-electron chi connectivity index (χ4n) is 2.08. The topological polar surface area (TPSA) is 68.0 Å². The number of aryl methyl sites for hydroxylation is 1. The second kappa shape index (κ2) is 10.3. The molecule has 6 heteroatoms. The maximum atomic E-state index is 11.8. The summed E-state index contributed by atoms with van der Waals surface area (Å²) in [5.41, 5.74) is 7.33. The summed E-state index contributed by atoms with van der Waals surface area (Å²) in [7, 11) is 0. The standard InChI is InChI=1S/C16H21N3OS.ClH/c17-11-15-19-14(12-21-15)16(20)18-10-6-2-5-9-13-7-3-1-4-8-13;/h1,3-4,7-8,12H,2,5-6,9-11,17H2,(H,18,20);1H. The van der Waals surface area contributed by atoms with E-state index in [1.807, 2.05) is 6.07 Å². The molecule has 120 valence electrons. The summed E-state index contributed by atoms with van der Waals surface area (Å²) in [4.78, 5) is 16.0. The van der Waals surface area contributed by atoms with Gasteiger partial charge in [0.05, 0.1) is 0 Å². The number of nitrogens with two attached hydrogens (primary N) is 1. The van der Waals surface area contributed by atoms with Gasteiger partial charge >= 0.3 is 0 Å². The molecule has 0 saturated carbocycles. The molecule has 0 unspecified atom stereocenters. The van der Waals surface area contributed by atoms with Crippen molar-refractivity contribution in [2.24, 2.45) is 5.73 Å². The third kappa shape index (κ3) is 6.13. The second-order valence-electron chi connectivity index (χ2n) is 4.88. The second-order valence-corrected chi connectivity index (χ2v) is 5.83. The molecule has 2 aromatic rings. The van der Waals surface area contributed by atoms with Gasteiger partial charge < -0.3 is 11.1 Å². The molecule has 1 amide bonds. The average Bonchev–Trinajstić information content (AvgIpc) is 3.00. The highest BCUT2D eigenvalue weighted by atomic mass is 35.5. The van der Waals surface area contributed by atoms with Crippen molar-refractivity contribution in [3.05, 3.63) is 52.0 Å². The van der Waals surface area contributed by atoms with E-state index in [2.05, 4.69) is 34.6 Å². The Labute approximate surface area is 141 Å². The molecule has 1 aromatic carbocycles. The molecule has 1 aromatic heterocycles. The number of nitrogens with one attached hydrogen (secondary N) is 1. The van der Waals surface area contributed by atoms with E-state index in [1.165, 1.54) is 16.9 Å². The molecule has 0 bridgehead atoms. The van der Waals surface area contributed by atoms with Crippen LogP contribution in [0.5, 0.6) is 0 Å². The predicted molar refractivity (Wildman–Crippen MR) is 93.6 cm³/mol. The third-order valence-corrected chi connectivity index (χ3v) is 4.10. The van der Waals surface area contributed by atoms with E-state index in [0.717, 1.165) is 30.7 Å². The molecular weight excluding hydrogens is 318 g/mol. The van der Waals surface area contributed by atoms with Crippen molar-refractivity contribution in [1.29, 1.82) is 0 Å². The Morgan fingerprint density at radius 1 is 1.18 bits per heavy atom. The van der Waals surface area contributed by atoms with Gasteiger partial charge in [-0.3, -0.25) is 4.79 Å². The van der Waals surface area contributed by atoms with Crippen LogP contribution in [0, 0.1) is 0 Å². The number of amides is 1. The Morgan fingerprint density at radius 2 is 1.95 bits per heavy atom. The van der Waals surface area contributed by atoms with Crippen molar-refractivity contribution in [3.63, 3.8) is 0 Å². The Balaban J connectivity index is 0.00000242. The molecule has 0 spiro atoms. The number of hydrogen-bond donors (Lipinski definition) is 2. The zero-order valence-corrected chi connectivity index (χ0v) is 14.1. The molecule has 1 heterocycles. The number of benzene rings is 1. The third-order valence-electron chi connectivity index (χ3n) is 3.23. The van der Waals surface area contributed by atoms with E-state index in [-0.39, 0.29) is 18.3 Å². The first-order chi connectivity index (χ1) is 10.3. The van der Waals surface area contributed by atoms with Crippen molar-refractivity contribution >= 4 is 29.7 Å². The molecule has 0 radical (unpaired) electrons. The van der Waals surface area contributed by atoms with Crippen LogP contribution in [0.15, 0.2) is 35.7 Å². The normalized spacial score (nSPS) is 10.0. The van der Waals surface area contributed by atoms with E-state index < -0.39 is 0 Å². The number of halogens is 1. The van der Waals surface area contributed by atoms with Crippen LogP contribution in [-0.2, 0) is 13.0 Å². The minimum absolute atomic E-state index is 0. The molecule has 3 N–H and O–H groups in total. The minimum atomic E-state index is -0.103. The summed E-state index contributed by atoms with van der Waals surface area (Å²) < 4.78 is 0. The zero-order chi connectivity index (χ0) is 14.9. The molecule has 0 aliphatic carbocycles. The monoisotopic (exact) mass is 339 g/mol. The van der Waals surface area contributed by atoms with E-state index in [1.54, 1.807) is 5.38 Å². The highest BCUT2D eigenvalue weighted by molar-refractivity contribution is 7.09. The lowest BCUT2D eigenvalue weighted by molar-refractivity contribution is 0.0948. The Morgan fingerprint density at radius 3 is 2.64 bits per heavy atom. The number of nitrogens with zero attached hydrogens (tertiary/aromatic N) is 1. The maximum Gasteiger partial charge on any atom is 0.270 e. The Kier molecular flexibility index (Phi) is 8.74. The van der Waals surface area contributed by atoms with Gasteiger partial charge in [-0.1, -0.05) is 36.8 Å². The van der Waals surface area contributed by atoms with Gasteiger partial charge in [0.25, 0.3) is 5.91 Å². The van der Waals surface area contributed by atoms with Crippen LogP contribution >= 0.6 is 23.7 Å². The van der Waals surface area contributed by atoms with Crippen LogP contribution in [0.3, 0.4) is 0 Å². The van der Waals surface area contributed by atoms with Crippen LogP contribution in [0.25, 0.3) is 0 Å². The van der Waals surface area contributed by atoms with Gasteiger partial charge in [0.2, 0.25) is 0 Å². The number of aromatic nitrogens is 1. The van der Waals surface area contributed by atoms with Crippen molar-refractivity contribution in [3.8, 4) is 0 Å². The van der Waals surface area contributed by atoms with E-state index in [4.69, 9.17) is 5.73 Å². The summed E-state index contributed by atoms with van der Waals surface area (Å²) >= 11 is 1.43. The molecule has 0 atom stereocenters. The first-order valence-electron chi connectivity index (χ1n) is 7.26. The van der Waals surface area contributed by atoms with Gasteiger partial charge in [-0.05, 0) is 24.8 Å². The lowest BCUT2D eigenvalue weighted by Gasteiger charge is -2.04. The van der Waals surface area contributed by atoms with E-state index >= 15 is 0 Å². The molecule has 4 nitrogen and oxygen atoms in total. The van der Waals surface area contributed by atoms with Crippen LogP contribution in [0.4, 0.5) is 0 Å². The zero-order valence-electron chi connectivity index (χ0n) is 12.5. The number of carbonyl (C=O) groups is 1. The molecule has 0 aliphatic rings. The highest BCUT2D eigenvalue weighted by Crippen LogP contribution is 2.09. The average molecular weight is 340 g/mol. The quantitative estimate of drug-likeness (QED) is 0.726. The van der Waals surface area contributed by atoms with Gasteiger partial charge in [-0.15, -0.1) is 23.7 Å². The molecule has 0 fully saturated rings. The fourth-order valence-corrected chi connectivity index (χ4v) is 2.73.